The van der Waals surface area contributed by atoms with Gasteiger partial charge in [-0.05, 0) is 11.6 Å². The van der Waals surface area contributed by atoms with E-state index in [4.69, 9.17) is 0 Å². The van der Waals surface area contributed by atoms with Crippen molar-refractivity contribution in [3.63, 3.8) is 0 Å². The Balaban J connectivity index is 1.61. The summed E-state index contributed by atoms with van der Waals surface area (Å²) in [4.78, 5) is 52.5. The fourth-order valence-corrected chi connectivity index (χ4v) is 5.28. The van der Waals surface area contributed by atoms with Crippen LogP contribution in [0.3, 0.4) is 0 Å². The van der Waals surface area contributed by atoms with Crippen LogP contribution in [0.25, 0.3) is 0 Å². The van der Waals surface area contributed by atoms with Gasteiger partial charge in [0.2, 0.25) is 17.4 Å². The Morgan fingerprint density at radius 1 is 1.03 bits per heavy atom. The number of carboxylic acids is 1. The number of benzene rings is 2. The topological polar surface area (TPSA) is 123 Å². The van der Waals surface area contributed by atoms with Crippen LogP contribution in [0.4, 0.5) is 5.69 Å². The molecule has 3 aliphatic rings. The number of likely N-dealkylation sites (tertiary alicyclic amines) is 1. The lowest BCUT2D eigenvalue weighted by Crippen LogP contribution is -2.99. The summed E-state index contributed by atoms with van der Waals surface area (Å²) in [6.45, 7) is 0.0862. The van der Waals surface area contributed by atoms with Crippen LogP contribution >= 0.6 is 0 Å². The summed E-state index contributed by atoms with van der Waals surface area (Å²) in [7, 11) is 0. The van der Waals surface area contributed by atoms with Crippen molar-refractivity contribution >= 4 is 29.4 Å². The van der Waals surface area contributed by atoms with Gasteiger partial charge in [-0.25, -0.2) is 0 Å². The average molecular weight is 405 g/mol. The zero-order valence-electron chi connectivity index (χ0n) is 15.9. The number of hydrogen-bond acceptors (Lipinski definition) is 5. The number of para-hydroxylation sites is 1. The second-order valence-electron chi connectivity index (χ2n) is 8.03. The van der Waals surface area contributed by atoms with Gasteiger partial charge in [0.1, 0.15) is 17.9 Å². The van der Waals surface area contributed by atoms with Crippen molar-refractivity contribution in [3.05, 3.63) is 65.7 Å². The van der Waals surface area contributed by atoms with Crippen LogP contribution in [-0.2, 0) is 31.3 Å². The summed E-state index contributed by atoms with van der Waals surface area (Å²) in [5.74, 6) is -4.48. The Bertz CT molecular complexity index is 1090. The molecule has 2 saturated heterocycles. The number of carboxylic acid groups (broad SMARTS) is 1. The number of rotatable bonds is 4. The van der Waals surface area contributed by atoms with Gasteiger partial charge in [-0.2, -0.15) is 0 Å². The monoisotopic (exact) mass is 405 g/mol. The number of aliphatic carboxylic acids is 1. The molecule has 2 fully saturated rings. The van der Waals surface area contributed by atoms with Crippen LogP contribution in [0.1, 0.15) is 17.5 Å². The maximum Gasteiger partial charge on any atom is 0.291 e. The summed E-state index contributed by atoms with van der Waals surface area (Å²) in [6, 6.07) is 15.3. The molecule has 3 amide bonds. The average Bonchev–Trinajstić information content (AvgIpc) is 3.29. The van der Waals surface area contributed by atoms with Gasteiger partial charge in [0.25, 0.3) is 5.91 Å². The summed E-state index contributed by atoms with van der Waals surface area (Å²) >= 11 is 0. The van der Waals surface area contributed by atoms with E-state index in [1.807, 2.05) is 30.3 Å². The Morgan fingerprint density at radius 3 is 2.47 bits per heavy atom. The minimum atomic E-state index is -1.36. The van der Waals surface area contributed by atoms with Gasteiger partial charge in [0.05, 0.1) is 12.2 Å². The summed E-state index contributed by atoms with van der Waals surface area (Å²) < 4.78 is 0. The number of carbonyl (C=O) groups excluding carboxylic acids is 4. The number of hydrogen-bond donors (Lipinski definition) is 2. The first-order chi connectivity index (χ1) is 14.4. The molecule has 30 heavy (non-hydrogen) atoms. The maximum absolute atomic E-state index is 13.5. The number of amides is 3. The Hall–Kier alpha value is -3.52. The van der Waals surface area contributed by atoms with Crippen LogP contribution in [-0.4, -0.2) is 34.6 Å². The number of fused-ring (bicyclic) bond motifs is 4. The van der Waals surface area contributed by atoms with Gasteiger partial charge >= 0.3 is 0 Å². The molecule has 3 aliphatic heterocycles. The van der Waals surface area contributed by atoms with Crippen molar-refractivity contribution in [1.29, 1.82) is 0 Å². The van der Waals surface area contributed by atoms with Gasteiger partial charge in [-0.1, -0.05) is 48.5 Å². The van der Waals surface area contributed by atoms with Gasteiger partial charge in [0, 0.05) is 18.0 Å². The number of imide groups is 1. The first kappa shape index (κ1) is 18.5. The predicted octanol–water partition coefficient (Wildman–Crippen LogP) is -1.28. The van der Waals surface area contributed by atoms with Crippen molar-refractivity contribution in [1.82, 2.24) is 4.90 Å². The largest absolute Gasteiger partial charge is 0.550 e. The lowest BCUT2D eigenvalue weighted by Gasteiger charge is -2.26. The van der Waals surface area contributed by atoms with E-state index in [-0.39, 0.29) is 6.54 Å². The molecule has 2 aromatic carbocycles. The third-order valence-corrected chi connectivity index (χ3v) is 6.45. The van der Waals surface area contributed by atoms with E-state index in [1.165, 1.54) is 0 Å². The highest BCUT2D eigenvalue weighted by atomic mass is 16.4. The summed E-state index contributed by atoms with van der Waals surface area (Å²) in [6.07, 6.45) is -0.420. The predicted molar refractivity (Wildman–Crippen MR) is 101 cm³/mol. The van der Waals surface area contributed by atoms with Crippen molar-refractivity contribution in [2.24, 2.45) is 11.8 Å². The van der Waals surface area contributed by atoms with E-state index in [1.54, 1.807) is 29.6 Å². The van der Waals surface area contributed by atoms with Crippen LogP contribution < -0.4 is 15.7 Å². The summed E-state index contributed by atoms with van der Waals surface area (Å²) in [5, 5.41) is 15.8. The van der Waals surface area contributed by atoms with Crippen LogP contribution in [0.2, 0.25) is 0 Å². The molecule has 0 radical (unpaired) electrons. The minimum absolute atomic E-state index is 0.0862. The first-order valence-electron chi connectivity index (χ1n) is 9.79. The van der Waals surface area contributed by atoms with Crippen LogP contribution in [0.15, 0.2) is 54.6 Å². The molecule has 5 rings (SSSR count). The Kier molecular flexibility index (Phi) is 4.01. The van der Waals surface area contributed by atoms with Gasteiger partial charge in [-0.3, -0.25) is 19.3 Å². The number of nitrogens with two attached hydrogens (primary N) is 1. The standard InChI is InChI=1S/C22H19N3O5/c26-16(27)10-15-17-18(20(29)25(19(17)28)11-12-6-2-1-3-7-12)22(24-15)13-8-4-5-9-14(13)23-21(22)30/h1-9,15,17-18,24H,10-11H2,(H,23,30)(H,26,27)/t15-,17+,18+,22-/m0/s1. The molecule has 1 spiro atoms. The van der Waals surface area contributed by atoms with E-state index in [2.05, 4.69) is 5.32 Å². The molecule has 3 heterocycles. The SMILES string of the molecule is O=C([O-])C[C@@H]1[NH2+][C@]2(C(=O)Nc3ccccc32)[C@H]2C(=O)N(Cc3ccccc3)C(=O)[C@H]12. The van der Waals surface area contributed by atoms with Crippen molar-refractivity contribution in [2.45, 2.75) is 24.5 Å². The maximum atomic E-state index is 13.5. The molecule has 0 saturated carbocycles. The Morgan fingerprint density at radius 2 is 1.73 bits per heavy atom. The second-order valence-corrected chi connectivity index (χ2v) is 8.03. The highest BCUT2D eigenvalue weighted by molar-refractivity contribution is 6.13. The third-order valence-electron chi connectivity index (χ3n) is 6.45. The summed E-state index contributed by atoms with van der Waals surface area (Å²) in [5.41, 5.74) is 0.603. The normalized spacial score (nSPS) is 29.3. The first-order valence-corrected chi connectivity index (χ1v) is 9.79. The highest BCUT2D eigenvalue weighted by Crippen LogP contribution is 2.49. The number of carbonyl (C=O) groups is 4. The van der Waals surface area contributed by atoms with Gasteiger partial charge in [-0.15, -0.1) is 0 Å². The number of anilines is 1. The lowest BCUT2D eigenvalue weighted by molar-refractivity contribution is -0.733. The Labute approximate surface area is 171 Å². The van der Waals surface area contributed by atoms with E-state index in [0.29, 0.717) is 11.3 Å². The van der Waals surface area contributed by atoms with E-state index in [9.17, 15) is 24.3 Å². The van der Waals surface area contributed by atoms with Gasteiger partial charge < -0.3 is 20.5 Å². The van der Waals surface area contributed by atoms with Crippen LogP contribution in [0, 0.1) is 11.8 Å². The smallest absolute Gasteiger partial charge is 0.291 e. The number of nitrogens with zero attached hydrogens (tertiary/aromatic N) is 1. The third kappa shape index (κ3) is 2.43. The molecule has 0 aromatic heterocycles. The fourth-order valence-electron chi connectivity index (χ4n) is 5.28. The molecule has 152 valence electrons. The highest BCUT2D eigenvalue weighted by Gasteiger charge is 2.74. The molecular formula is C22H19N3O5. The molecule has 0 aliphatic carbocycles. The quantitative estimate of drug-likeness (QED) is 0.614. The molecule has 8 nitrogen and oxygen atoms in total. The molecule has 2 aromatic rings. The molecule has 8 heteroatoms. The molecule has 4 atom stereocenters. The second kappa shape index (κ2) is 6.50. The molecule has 0 unspecified atom stereocenters. The zero-order valence-corrected chi connectivity index (χ0v) is 15.9. The molecule has 0 bridgehead atoms. The van der Waals surface area contributed by atoms with Crippen molar-refractivity contribution in [3.8, 4) is 0 Å². The van der Waals surface area contributed by atoms with Gasteiger partial charge in [0.15, 0.2) is 0 Å². The van der Waals surface area contributed by atoms with Crippen molar-refractivity contribution in [2.75, 3.05) is 5.32 Å². The molecule has 3 N–H and O–H groups in total. The fraction of sp³-hybridized carbons (Fsp3) is 0.273. The number of quaternary nitrogens is 1. The van der Waals surface area contributed by atoms with Crippen LogP contribution in [0.5, 0.6) is 0 Å². The zero-order chi connectivity index (χ0) is 21.0. The minimum Gasteiger partial charge on any atom is -0.550 e. The van der Waals surface area contributed by atoms with Crippen molar-refractivity contribution < 1.29 is 29.6 Å². The molecular weight excluding hydrogens is 386 g/mol. The number of nitrogens with one attached hydrogen (secondary N) is 1. The van der Waals surface area contributed by atoms with E-state index in [0.717, 1.165) is 10.5 Å². The van der Waals surface area contributed by atoms with E-state index >= 15 is 0 Å². The lowest BCUT2D eigenvalue weighted by atomic mass is 9.76. The van der Waals surface area contributed by atoms with E-state index < -0.39 is 53.5 Å².